The molecule has 0 heterocycles. The maximum absolute atomic E-state index is 12.2. The largest absolute Gasteiger partial charge is 0.364 e. The van der Waals surface area contributed by atoms with Crippen molar-refractivity contribution in [2.24, 2.45) is 0 Å². The summed E-state index contributed by atoms with van der Waals surface area (Å²) in [5.41, 5.74) is 0.340. The van der Waals surface area contributed by atoms with Gasteiger partial charge in [0.2, 0.25) is 0 Å². The first-order chi connectivity index (χ1) is 6.57. The van der Waals surface area contributed by atoms with Crippen molar-refractivity contribution in [3.63, 3.8) is 0 Å². The molecule has 1 amide bonds. The number of ether oxygens (including phenoxy) is 1. The summed E-state index contributed by atoms with van der Waals surface area (Å²) in [4.78, 5) is 13.9. The molecule has 0 bridgehead atoms. The standard InChI is InChI=1S/C10H23NO2Si/c1-6-14(7-2,8-3)10(12)11(4)9-13-5/h6-9H2,1-5H3. The van der Waals surface area contributed by atoms with Crippen molar-refractivity contribution < 1.29 is 9.53 Å². The van der Waals surface area contributed by atoms with Gasteiger partial charge in [-0.2, -0.15) is 0 Å². The lowest BCUT2D eigenvalue weighted by atomic mass is 10.9. The Labute approximate surface area is 88.4 Å². The van der Waals surface area contributed by atoms with Gasteiger partial charge in [0.25, 0.3) is 0 Å². The highest BCUT2D eigenvalue weighted by Gasteiger charge is 2.37. The molecule has 0 aliphatic rings. The molecule has 0 aliphatic carbocycles. The van der Waals surface area contributed by atoms with Crippen molar-refractivity contribution in [3.05, 3.63) is 0 Å². The lowest BCUT2D eigenvalue weighted by Gasteiger charge is -2.31. The molecule has 0 unspecified atom stereocenters. The first-order valence-corrected chi connectivity index (χ1v) is 7.94. The van der Waals surface area contributed by atoms with E-state index < -0.39 is 8.07 Å². The van der Waals surface area contributed by atoms with Crippen LogP contribution >= 0.6 is 0 Å². The molecule has 4 heteroatoms. The lowest BCUT2D eigenvalue weighted by Crippen LogP contribution is -2.50. The highest BCUT2D eigenvalue weighted by atomic mass is 28.3. The monoisotopic (exact) mass is 217 g/mol. The van der Waals surface area contributed by atoms with Crippen LogP contribution in [0.5, 0.6) is 0 Å². The molecule has 0 spiro atoms. The first-order valence-electron chi connectivity index (χ1n) is 5.32. The zero-order valence-electron chi connectivity index (χ0n) is 10.1. The normalized spacial score (nSPS) is 11.5. The van der Waals surface area contributed by atoms with Crippen molar-refractivity contribution in [1.29, 1.82) is 0 Å². The van der Waals surface area contributed by atoms with Crippen molar-refractivity contribution in [2.75, 3.05) is 20.9 Å². The van der Waals surface area contributed by atoms with Crippen LogP contribution in [0.2, 0.25) is 18.1 Å². The van der Waals surface area contributed by atoms with E-state index in [1.165, 1.54) is 0 Å². The van der Waals surface area contributed by atoms with Crippen LogP contribution in [0.15, 0.2) is 0 Å². The average molecular weight is 217 g/mol. The van der Waals surface area contributed by atoms with Crippen LogP contribution in [0.3, 0.4) is 0 Å². The summed E-state index contributed by atoms with van der Waals surface area (Å²) < 4.78 is 4.98. The number of rotatable bonds is 6. The number of nitrogens with zero attached hydrogens (tertiary/aromatic N) is 1. The van der Waals surface area contributed by atoms with E-state index in [9.17, 15) is 4.79 Å². The fourth-order valence-corrected chi connectivity index (χ4v) is 5.14. The average Bonchev–Trinajstić information content (AvgIpc) is 2.21. The zero-order valence-corrected chi connectivity index (χ0v) is 11.1. The molecule has 0 saturated carbocycles. The molecule has 0 saturated heterocycles. The Kier molecular flexibility index (Phi) is 6.03. The van der Waals surface area contributed by atoms with Crippen molar-refractivity contribution in [1.82, 2.24) is 4.90 Å². The molecule has 0 aromatic heterocycles. The minimum absolute atomic E-state index is 0.340. The van der Waals surface area contributed by atoms with Crippen LogP contribution < -0.4 is 0 Å². The van der Waals surface area contributed by atoms with Gasteiger partial charge in [-0.15, -0.1) is 0 Å². The summed E-state index contributed by atoms with van der Waals surface area (Å²) in [6.45, 7) is 6.82. The van der Waals surface area contributed by atoms with Crippen LogP contribution in [-0.2, 0) is 4.74 Å². The third kappa shape index (κ3) is 2.82. The number of carbonyl (C=O) groups excluding carboxylic acids is 1. The first kappa shape index (κ1) is 13.6. The SMILES string of the molecule is CC[Si](CC)(CC)C(=O)N(C)COC. The Morgan fingerprint density at radius 1 is 1.21 bits per heavy atom. The molecule has 0 N–H and O–H groups in total. The fraction of sp³-hybridized carbons (Fsp3) is 0.900. The maximum atomic E-state index is 12.2. The molecule has 0 rings (SSSR count). The third-order valence-electron chi connectivity index (χ3n) is 3.15. The third-order valence-corrected chi connectivity index (χ3v) is 8.50. The topological polar surface area (TPSA) is 29.5 Å². The number of hydrogen-bond acceptors (Lipinski definition) is 2. The van der Waals surface area contributed by atoms with E-state index in [1.54, 1.807) is 12.0 Å². The maximum Gasteiger partial charge on any atom is 0.196 e. The van der Waals surface area contributed by atoms with E-state index in [1.807, 2.05) is 7.05 Å². The van der Waals surface area contributed by atoms with E-state index in [0.29, 0.717) is 12.3 Å². The number of methoxy groups -OCH3 is 1. The van der Waals surface area contributed by atoms with Gasteiger partial charge < -0.3 is 9.64 Å². The molecule has 0 aromatic carbocycles. The summed E-state index contributed by atoms with van der Waals surface area (Å²) in [6.07, 6.45) is 0. The molecule has 0 fully saturated rings. The predicted octanol–water partition coefficient (Wildman–Crippen LogP) is 2.73. The van der Waals surface area contributed by atoms with E-state index in [0.717, 1.165) is 18.1 Å². The van der Waals surface area contributed by atoms with E-state index in [2.05, 4.69) is 20.8 Å². The Balaban J connectivity index is 4.58. The van der Waals surface area contributed by atoms with Gasteiger partial charge >= 0.3 is 0 Å². The molecular formula is C10H23NO2Si. The molecular weight excluding hydrogens is 194 g/mol. The smallest absolute Gasteiger partial charge is 0.196 e. The van der Waals surface area contributed by atoms with Gasteiger partial charge in [0.1, 0.15) is 6.73 Å². The molecule has 0 radical (unpaired) electrons. The van der Waals surface area contributed by atoms with Gasteiger partial charge in [-0.25, -0.2) is 0 Å². The molecule has 0 aliphatic heterocycles. The molecule has 3 nitrogen and oxygen atoms in total. The van der Waals surface area contributed by atoms with E-state index in [-0.39, 0.29) is 0 Å². The predicted molar refractivity (Wildman–Crippen MR) is 62.2 cm³/mol. The van der Waals surface area contributed by atoms with E-state index >= 15 is 0 Å². The Hall–Kier alpha value is -0.353. The number of carbonyl (C=O) groups is 1. The summed E-state index contributed by atoms with van der Waals surface area (Å²) in [6, 6.07) is 3.10. The van der Waals surface area contributed by atoms with Gasteiger partial charge in [0, 0.05) is 14.2 Å². The highest BCUT2D eigenvalue weighted by Crippen LogP contribution is 2.23. The zero-order chi connectivity index (χ0) is 11.2. The van der Waals surface area contributed by atoms with Gasteiger partial charge in [-0.05, 0) is 0 Å². The fourth-order valence-electron chi connectivity index (χ4n) is 1.86. The Morgan fingerprint density at radius 3 is 1.93 bits per heavy atom. The summed E-state index contributed by atoms with van der Waals surface area (Å²) in [7, 11) is 1.74. The highest BCUT2D eigenvalue weighted by molar-refractivity contribution is 7.05. The van der Waals surface area contributed by atoms with Crippen LogP contribution in [0.4, 0.5) is 4.79 Å². The van der Waals surface area contributed by atoms with Gasteiger partial charge in [0.05, 0.1) is 0 Å². The molecule has 0 atom stereocenters. The van der Waals surface area contributed by atoms with Crippen molar-refractivity contribution in [3.8, 4) is 0 Å². The number of hydrogen-bond donors (Lipinski definition) is 0. The van der Waals surface area contributed by atoms with Crippen molar-refractivity contribution >= 4 is 13.6 Å². The van der Waals surface area contributed by atoms with Gasteiger partial charge in [-0.1, -0.05) is 38.9 Å². The van der Waals surface area contributed by atoms with Crippen LogP contribution in [0.1, 0.15) is 20.8 Å². The second kappa shape index (κ2) is 6.19. The van der Waals surface area contributed by atoms with Crippen LogP contribution in [0.25, 0.3) is 0 Å². The minimum atomic E-state index is -1.71. The summed E-state index contributed by atoms with van der Waals surface area (Å²) in [5.74, 6) is 0. The Bertz CT molecular complexity index is 173. The lowest BCUT2D eigenvalue weighted by molar-refractivity contribution is 0.106. The molecule has 14 heavy (non-hydrogen) atoms. The minimum Gasteiger partial charge on any atom is -0.364 e. The van der Waals surface area contributed by atoms with E-state index in [4.69, 9.17) is 4.74 Å². The summed E-state index contributed by atoms with van der Waals surface area (Å²) in [5, 5.41) is 0. The second-order valence-corrected chi connectivity index (χ2v) is 8.87. The van der Waals surface area contributed by atoms with Crippen LogP contribution in [0, 0.1) is 0 Å². The molecule has 0 aromatic rings. The second-order valence-electron chi connectivity index (χ2n) is 3.76. The number of amides is 1. The Morgan fingerprint density at radius 2 is 1.64 bits per heavy atom. The van der Waals surface area contributed by atoms with Crippen LogP contribution in [-0.4, -0.2) is 39.4 Å². The van der Waals surface area contributed by atoms with Gasteiger partial charge in [0.15, 0.2) is 13.6 Å². The van der Waals surface area contributed by atoms with Gasteiger partial charge in [-0.3, -0.25) is 4.79 Å². The van der Waals surface area contributed by atoms with Crippen molar-refractivity contribution in [2.45, 2.75) is 38.9 Å². The molecule has 84 valence electrons. The summed E-state index contributed by atoms with van der Waals surface area (Å²) >= 11 is 0. The quantitative estimate of drug-likeness (QED) is 0.506.